The van der Waals surface area contributed by atoms with Gasteiger partial charge in [0, 0.05) is 26.1 Å². The molecule has 0 bridgehead atoms. The molecule has 1 saturated heterocycles. The molecule has 6 nitrogen and oxygen atoms in total. The molecule has 20 heavy (non-hydrogen) atoms. The molecule has 1 aromatic rings. The molecule has 1 fully saturated rings. The van der Waals surface area contributed by atoms with Gasteiger partial charge in [-0.25, -0.2) is 4.98 Å². The molecule has 0 aliphatic carbocycles. The van der Waals surface area contributed by atoms with Crippen molar-refractivity contribution in [3.05, 3.63) is 11.3 Å². The highest BCUT2D eigenvalue weighted by Gasteiger charge is 2.39. The van der Waals surface area contributed by atoms with Crippen LogP contribution in [-0.4, -0.2) is 35.5 Å². The van der Waals surface area contributed by atoms with Crippen LogP contribution in [0.25, 0.3) is 0 Å². The van der Waals surface area contributed by atoms with E-state index in [1.165, 1.54) is 0 Å². The molecule has 2 aliphatic heterocycles. The van der Waals surface area contributed by atoms with E-state index in [1.54, 1.807) is 0 Å². The fraction of sp³-hybridized carbons (Fsp3) is 0.643. The van der Waals surface area contributed by atoms with Gasteiger partial charge in [-0.1, -0.05) is 20.8 Å². The number of anilines is 2. The lowest BCUT2D eigenvalue weighted by molar-refractivity contribution is 0.0945. The number of nitrogens with one attached hydrogen (secondary N) is 1. The minimum absolute atomic E-state index is 0.0846. The summed E-state index contributed by atoms with van der Waals surface area (Å²) in [6.07, 6.45) is 0.716. The van der Waals surface area contributed by atoms with Gasteiger partial charge in [0.25, 0.3) is 5.91 Å². The Bertz CT molecular complexity index is 569. The van der Waals surface area contributed by atoms with Crippen LogP contribution < -0.4 is 16.0 Å². The van der Waals surface area contributed by atoms with Crippen LogP contribution in [-0.2, 0) is 6.42 Å². The lowest BCUT2D eigenvalue weighted by Crippen LogP contribution is -2.36. The third-order valence-corrected chi connectivity index (χ3v) is 4.58. The van der Waals surface area contributed by atoms with E-state index >= 15 is 0 Å². The summed E-state index contributed by atoms with van der Waals surface area (Å²) < 4.78 is 0. The zero-order valence-corrected chi connectivity index (χ0v) is 12.2. The van der Waals surface area contributed by atoms with Crippen molar-refractivity contribution in [2.45, 2.75) is 27.2 Å². The first-order valence-electron chi connectivity index (χ1n) is 7.08. The normalized spacial score (nSPS) is 24.4. The third kappa shape index (κ3) is 1.99. The van der Waals surface area contributed by atoms with E-state index in [9.17, 15) is 4.79 Å². The molecule has 1 atom stereocenters. The number of fused-ring (bicyclic) bond motifs is 1. The van der Waals surface area contributed by atoms with Gasteiger partial charge in [0.15, 0.2) is 0 Å². The van der Waals surface area contributed by atoms with Gasteiger partial charge in [0.05, 0.1) is 5.69 Å². The Balaban J connectivity index is 2.06. The molecule has 3 N–H and O–H groups in total. The summed E-state index contributed by atoms with van der Waals surface area (Å²) in [7, 11) is 0. The van der Waals surface area contributed by atoms with Crippen LogP contribution in [0.15, 0.2) is 0 Å². The molecule has 3 heterocycles. The van der Waals surface area contributed by atoms with Crippen LogP contribution in [0.4, 0.5) is 11.8 Å². The molecule has 0 saturated carbocycles. The monoisotopic (exact) mass is 275 g/mol. The predicted octanol–water partition coefficient (Wildman–Crippen LogP) is 0.827. The van der Waals surface area contributed by atoms with Crippen LogP contribution in [0.3, 0.4) is 0 Å². The largest absolute Gasteiger partial charge is 0.368 e. The van der Waals surface area contributed by atoms with Gasteiger partial charge in [-0.15, -0.1) is 0 Å². The van der Waals surface area contributed by atoms with Crippen molar-refractivity contribution in [3.8, 4) is 0 Å². The van der Waals surface area contributed by atoms with Crippen molar-refractivity contribution in [1.29, 1.82) is 0 Å². The van der Waals surface area contributed by atoms with Crippen molar-refractivity contribution in [2.75, 3.05) is 30.3 Å². The van der Waals surface area contributed by atoms with Crippen LogP contribution in [0.5, 0.6) is 0 Å². The summed E-state index contributed by atoms with van der Waals surface area (Å²) in [4.78, 5) is 22.9. The number of nitrogens with zero attached hydrogens (tertiary/aromatic N) is 3. The number of carbonyl (C=O) groups excluding carboxylic acids is 1. The number of hydrogen-bond donors (Lipinski definition) is 2. The highest BCUT2D eigenvalue weighted by molar-refractivity contribution is 6.01. The smallest absolute Gasteiger partial charge is 0.256 e. The Morgan fingerprint density at radius 3 is 2.80 bits per heavy atom. The van der Waals surface area contributed by atoms with Crippen molar-refractivity contribution >= 4 is 17.7 Å². The average molecular weight is 275 g/mol. The third-order valence-electron chi connectivity index (χ3n) is 4.58. The lowest BCUT2D eigenvalue weighted by Gasteiger charge is -2.25. The number of hydrogen-bond acceptors (Lipinski definition) is 5. The van der Waals surface area contributed by atoms with Crippen LogP contribution >= 0.6 is 0 Å². The predicted molar refractivity (Wildman–Crippen MR) is 77.6 cm³/mol. The number of amides is 1. The first kappa shape index (κ1) is 13.1. The van der Waals surface area contributed by atoms with Crippen molar-refractivity contribution in [2.24, 2.45) is 11.3 Å². The van der Waals surface area contributed by atoms with Gasteiger partial charge in [0.1, 0.15) is 11.4 Å². The van der Waals surface area contributed by atoms with Gasteiger partial charge in [0.2, 0.25) is 5.95 Å². The summed E-state index contributed by atoms with van der Waals surface area (Å²) in [5, 5.41) is 2.87. The molecular weight excluding hydrogens is 254 g/mol. The molecule has 3 rings (SSSR count). The molecule has 108 valence electrons. The summed E-state index contributed by atoms with van der Waals surface area (Å²) in [5.74, 6) is 1.41. The second-order valence-corrected chi connectivity index (χ2v) is 6.50. The average Bonchev–Trinajstić information content (AvgIpc) is 2.63. The molecule has 0 aromatic carbocycles. The first-order chi connectivity index (χ1) is 9.38. The first-order valence-corrected chi connectivity index (χ1v) is 7.08. The van der Waals surface area contributed by atoms with E-state index in [-0.39, 0.29) is 17.3 Å². The second-order valence-electron chi connectivity index (χ2n) is 6.50. The quantitative estimate of drug-likeness (QED) is 0.793. The highest BCUT2D eigenvalue weighted by Crippen LogP contribution is 2.38. The van der Waals surface area contributed by atoms with E-state index in [1.807, 2.05) is 0 Å². The van der Waals surface area contributed by atoms with E-state index < -0.39 is 0 Å². The Hall–Kier alpha value is -1.85. The van der Waals surface area contributed by atoms with Crippen molar-refractivity contribution in [1.82, 2.24) is 15.3 Å². The standard InChI is InChI=1S/C14H21N5O/c1-8-6-19(7-14(8,2)3)11-10-9(17-13(15)18-11)4-5-16-12(10)20/h8H,4-7H2,1-3H3,(H,16,20)(H2,15,17,18). The maximum Gasteiger partial charge on any atom is 0.256 e. The molecule has 6 heteroatoms. The number of nitrogen functional groups attached to an aromatic ring is 1. The van der Waals surface area contributed by atoms with Crippen molar-refractivity contribution in [3.63, 3.8) is 0 Å². The zero-order chi connectivity index (χ0) is 14.5. The van der Waals surface area contributed by atoms with Gasteiger partial charge in [-0.3, -0.25) is 4.79 Å². The highest BCUT2D eigenvalue weighted by atomic mass is 16.1. The SMILES string of the molecule is CC1CN(c2nc(N)nc3c2C(=O)NCC3)CC1(C)C. The second kappa shape index (κ2) is 4.33. The van der Waals surface area contributed by atoms with Crippen LogP contribution in [0.2, 0.25) is 0 Å². The van der Waals surface area contributed by atoms with Gasteiger partial charge in [-0.05, 0) is 11.3 Å². The van der Waals surface area contributed by atoms with E-state index in [4.69, 9.17) is 5.73 Å². The molecule has 0 radical (unpaired) electrons. The molecule has 2 aliphatic rings. The van der Waals surface area contributed by atoms with Gasteiger partial charge < -0.3 is 16.0 Å². The fourth-order valence-corrected chi connectivity index (χ4v) is 2.99. The van der Waals surface area contributed by atoms with Crippen LogP contribution in [0, 0.1) is 11.3 Å². The number of nitrogens with two attached hydrogens (primary N) is 1. The Morgan fingerprint density at radius 1 is 1.40 bits per heavy atom. The van der Waals surface area contributed by atoms with Gasteiger partial charge in [-0.2, -0.15) is 4.98 Å². The van der Waals surface area contributed by atoms with Crippen molar-refractivity contribution < 1.29 is 4.79 Å². The maximum absolute atomic E-state index is 12.2. The topological polar surface area (TPSA) is 84.1 Å². The Morgan fingerprint density at radius 2 is 2.15 bits per heavy atom. The minimum Gasteiger partial charge on any atom is -0.368 e. The fourth-order valence-electron chi connectivity index (χ4n) is 2.99. The lowest BCUT2D eigenvalue weighted by atomic mass is 9.84. The zero-order valence-electron chi connectivity index (χ0n) is 12.2. The molecule has 0 spiro atoms. The summed E-state index contributed by atoms with van der Waals surface area (Å²) in [6.45, 7) is 9.11. The van der Waals surface area contributed by atoms with E-state index in [0.29, 0.717) is 30.3 Å². The molecule has 1 unspecified atom stereocenters. The Kier molecular flexibility index (Phi) is 2.84. The van der Waals surface area contributed by atoms with E-state index in [0.717, 1.165) is 18.8 Å². The molecule has 1 amide bonds. The van der Waals surface area contributed by atoms with Gasteiger partial charge >= 0.3 is 0 Å². The number of rotatable bonds is 1. The minimum atomic E-state index is -0.0846. The summed E-state index contributed by atoms with van der Waals surface area (Å²) in [6, 6.07) is 0. The van der Waals surface area contributed by atoms with Crippen LogP contribution in [0.1, 0.15) is 36.8 Å². The van der Waals surface area contributed by atoms with E-state index in [2.05, 4.69) is 41.0 Å². The summed E-state index contributed by atoms with van der Waals surface area (Å²) >= 11 is 0. The number of carbonyl (C=O) groups is 1. The number of aromatic nitrogens is 2. The molecular formula is C14H21N5O. The maximum atomic E-state index is 12.2. The Labute approximate surface area is 118 Å². The summed E-state index contributed by atoms with van der Waals surface area (Å²) in [5.41, 5.74) is 7.40. The molecule has 1 aromatic heterocycles.